The van der Waals surface area contributed by atoms with Crippen molar-refractivity contribution in [3.63, 3.8) is 0 Å². The Morgan fingerprint density at radius 3 is 2.45 bits per heavy atom. The molecule has 0 aliphatic carbocycles. The Kier molecular flexibility index (Phi) is 7.14. The summed E-state index contributed by atoms with van der Waals surface area (Å²) in [5.74, 6) is 2.03. The van der Waals surface area contributed by atoms with Crippen molar-refractivity contribution in [2.24, 2.45) is 0 Å². The van der Waals surface area contributed by atoms with Crippen molar-refractivity contribution >= 4 is 16.5 Å². The SMILES string of the molecule is CCN(CC)c1ncc(CN2CCC(c3nc(C(C)(C)C)ncc3-c3cc(C)no3)CC2)s1. The van der Waals surface area contributed by atoms with Crippen LogP contribution in [-0.4, -0.2) is 51.2 Å². The standard InChI is InChI=1S/C25H36N6OS/c1-7-31(8-2)24-27-14-19(33-24)16-30-11-9-18(10-12-30)22-20(21-13-17(3)29-32-21)15-26-23(28-22)25(4,5)6/h13-15,18H,7-12,16H2,1-6H3. The summed E-state index contributed by atoms with van der Waals surface area (Å²) in [5, 5.41) is 5.22. The van der Waals surface area contributed by atoms with E-state index in [4.69, 9.17) is 9.51 Å². The van der Waals surface area contributed by atoms with Crippen molar-refractivity contribution in [1.82, 2.24) is 25.0 Å². The van der Waals surface area contributed by atoms with E-state index < -0.39 is 0 Å². The van der Waals surface area contributed by atoms with E-state index in [2.05, 4.69) is 65.7 Å². The molecule has 178 valence electrons. The van der Waals surface area contributed by atoms with Crippen LogP contribution in [0.4, 0.5) is 5.13 Å². The number of likely N-dealkylation sites (tertiary alicyclic amines) is 1. The van der Waals surface area contributed by atoms with Crippen LogP contribution in [0.3, 0.4) is 0 Å². The number of hydrogen-bond donors (Lipinski definition) is 0. The van der Waals surface area contributed by atoms with Crippen LogP contribution in [0, 0.1) is 6.92 Å². The number of hydrogen-bond acceptors (Lipinski definition) is 8. The summed E-state index contributed by atoms with van der Waals surface area (Å²) in [6, 6.07) is 1.98. The van der Waals surface area contributed by atoms with Gasteiger partial charge >= 0.3 is 0 Å². The van der Waals surface area contributed by atoms with Crippen molar-refractivity contribution in [3.05, 3.63) is 40.5 Å². The zero-order chi connectivity index (χ0) is 23.6. The highest BCUT2D eigenvalue weighted by Crippen LogP contribution is 2.36. The molecule has 0 atom stereocenters. The number of aromatic nitrogens is 4. The molecular weight excluding hydrogens is 432 g/mol. The van der Waals surface area contributed by atoms with Crippen molar-refractivity contribution in [1.29, 1.82) is 0 Å². The van der Waals surface area contributed by atoms with Crippen molar-refractivity contribution in [3.8, 4) is 11.3 Å². The number of thiazole rings is 1. The molecule has 0 radical (unpaired) electrons. The quantitative estimate of drug-likeness (QED) is 0.458. The number of rotatable bonds is 7. The van der Waals surface area contributed by atoms with Crippen molar-refractivity contribution in [2.45, 2.75) is 72.3 Å². The lowest BCUT2D eigenvalue weighted by Gasteiger charge is -2.32. The molecular formula is C25H36N6OS. The smallest absolute Gasteiger partial charge is 0.185 e. The van der Waals surface area contributed by atoms with Crippen LogP contribution < -0.4 is 4.90 Å². The Bertz CT molecular complexity index is 1060. The molecule has 33 heavy (non-hydrogen) atoms. The Labute approximate surface area is 201 Å². The van der Waals surface area contributed by atoms with Gasteiger partial charge in [0.05, 0.1) is 17.0 Å². The van der Waals surface area contributed by atoms with E-state index >= 15 is 0 Å². The molecule has 4 heterocycles. The average molecular weight is 469 g/mol. The first kappa shape index (κ1) is 23.8. The van der Waals surface area contributed by atoms with Gasteiger partial charge in [-0.3, -0.25) is 4.90 Å². The van der Waals surface area contributed by atoms with E-state index in [-0.39, 0.29) is 5.41 Å². The molecule has 0 unspecified atom stereocenters. The van der Waals surface area contributed by atoms with Crippen LogP contribution in [0.1, 0.15) is 75.5 Å². The van der Waals surface area contributed by atoms with Gasteiger partial charge in [-0.1, -0.05) is 25.9 Å². The summed E-state index contributed by atoms with van der Waals surface area (Å²) in [6.45, 7) is 17.9. The topological polar surface area (TPSA) is 71.2 Å². The molecule has 0 N–H and O–H groups in total. The molecule has 1 aliphatic heterocycles. The minimum atomic E-state index is -0.0972. The van der Waals surface area contributed by atoms with Gasteiger partial charge in [-0.15, -0.1) is 11.3 Å². The predicted molar refractivity (Wildman–Crippen MR) is 134 cm³/mol. The molecule has 4 rings (SSSR count). The average Bonchev–Trinajstić information content (AvgIpc) is 3.43. The second-order valence-electron chi connectivity index (χ2n) is 9.91. The second-order valence-corrected chi connectivity index (χ2v) is 11.0. The van der Waals surface area contributed by atoms with Gasteiger partial charge in [0.15, 0.2) is 10.9 Å². The van der Waals surface area contributed by atoms with E-state index in [0.717, 1.165) is 79.2 Å². The van der Waals surface area contributed by atoms with Crippen LogP contribution in [0.25, 0.3) is 11.3 Å². The van der Waals surface area contributed by atoms with Crippen molar-refractivity contribution in [2.75, 3.05) is 31.1 Å². The van der Waals surface area contributed by atoms with E-state index in [0.29, 0.717) is 5.92 Å². The number of anilines is 1. The highest BCUT2D eigenvalue weighted by Gasteiger charge is 2.28. The molecule has 7 nitrogen and oxygen atoms in total. The summed E-state index contributed by atoms with van der Waals surface area (Å²) >= 11 is 1.82. The molecule has 1 saturated heterocycles. The third-order valence-electron chi connectivity index (χ3n) is 6.31. The van der Waals surface area contributed by atoms with Crippen LogP contribution in [0.5, 0.6) is 0 Å². The fourth-order valence-corrected chi connectivity index (χ4v) is 5.42. The van der Waals surface area contributed by atoms with Crippen LogP contribution >= 0.6 is 11.3 Å². The Hall–Kier alpha value is -2.32. The van der Waals surface area contributed by atoms with Gasteiger partial charge in [0.1, 0.15) is 5.82 Å². The first-order valence-electron chi connectivity index (χ1n) is 12.0. The largest absolute Gasteiger partial charge is 0.356 e. The van der Waals surface area contributed by atoms with Crippen LogP contribution in [-0.2, 0) is 12.0 Å². The van der Waals surface area contributed by atoms with Gasteiger partial charge in [0.25, 0.3) is 0 Å². The monoisotopic (exact) mass is 468 g/mol. The second kappa shape index (κ2) is 9.89. The molecule has 0 saturated carbocycles. The lowest BCUT2D eigenvalue weighted by Crippen LogP contribution is -2.33. The van der Waals surface area contributed by atoms with Gasteiger partial charge < -0.3 is 9.42 Å². The fourth-order valence-electron chi connectivity index (χ4n) is 4.34. The molecule has 3 aromatic heterocycles. The zero-order valence-electron chi connectivity index (χ0n) is 20.8. The van der Waals surface area contributed by atoms with Gasteiger partial charge in [-0.2, -0.15) is 0 Å². The lowest BCUT2D eigenvalue weighted by molar-refractivity contribution is 0.204. The van der Waals surface area contributed by atoms with E-state index in [1.54, 1.807) is 0 Å². The normalized spacial score (nSPS) is 15.8. The summed E-state index contributed by atoms with van der Waals surface area (Å²) in [4.78, 5) is 20.6. The highest BCUT2D eigenvalue weighted by molar-refractivity contribution is 7.15. The molecule has 0 aromatic carbocycles. The molecule has 1 aliphatic rings. The first-order chi connectivity index (χ1) is 15.8. The highest BCUT2D eigenvalue weighted by atomic mass is 32.1. The lowest BCUT2D eigenvalue weighted by atomic mass is 9.89. The number of piperidine rings is 1. The van der Waals surface area contributed by atoms with Crippen LogP contribution in [0.2, 0.25) is 0 Å². The summed E-state index contributed by atoms with van der Waals surface area (Å²) in [5.41, 5.74) is 2.86. The number of aryl methyl sites for hydroxylation is 1. The first-order valence-corrected chi connectivity index (χ1v) is 12.8. The molecule has 0 amide bonds. The maximum absolute atomic E-state index is 5.60. The Morgan fingerprint density at radius 2 is 1.85 bits per heavy atom. The molecule has 8 heteroatoms. The maximum Gasteiger partial charge on any atom is 0.185 e. The Balaban J connectivity index is 1.49. The third kappa shape index (κ3) is 5.44. The van der Waals surface area contributed by atoms with Crippen molar-refractivity contribution < 1.29 is 4.52 Å². The number of nitrogens with zero attached hydrogens (tertiary/aromatic N) is 6. The van der Waals surface area contributed by atoms with E-state index in [1.165, 1.54) is 4.88 Å². The Morgan fingerprint density at radius 1 is 1.12 bits per heavy atom. The van der Waals surface area contributed by atoms with Gasteiger partial charge in [0.2, 0.25) is 0 Å². The van der Waals surface area contributed by atoms with Gasteiger partial charge in [-0.25, -0.2) is 15.0 Å². The molecule has 1 fully saturated rings. The molecule has 0 spiro atoms. The summed E-state index contributed by atoms with van der Waals surface area (Å²) in [7, 11) is 0. The summed E-state index contributed by atoms with van der Waals surface area (Å²) < 4.78 is 5.60. The fraction of sp³-hybridized carbons (Fsp3) is 0.600. The van der Waals surface area contributed by atoms with Gasteiger partial charge in [0, 0.05) is 54.3 Å². The van der Waals surface area contributed by atoms with Crippen LogP contribution in [0.15, 0.2) is 23.0 Å². The van der Waals surface area contributed by atoms with Gasteiger partial charge in [-0.05, 0) is 46.7 Å². The molecule has 3 aromatic rings. The molecule has 0 bridgehead atoms. The maximum atomic E-state index is 5.60. The third-order valence-corrected chi connectivity index (χ3v) is 7.35. The van der Waals surface area contributed by atoms with E-state index in [9.17, 15) is 0 Å². The predicted octanol–water partition coefficient (Wildman–Crippen LogP) is 5.42. The summed E-state index contributed by atoms with van der Waals surface area (Å²) in [6.07, 6.45) is 6.13. The van der Waals surface area contributed by atoms with E-state index in [1.807, 2.05) is 30.5 Å². The minimum absolute atomic E-state index is 0.0972. The zero-order valence-corrected chi connectivity index (χ0v) is 21.6. The minimum Gasteiger partial charge on any atom is -0.356 e.